The van der Waals surface area contributed by atoms with Crippen molar-refractivity contribution in [1.82, 2.24) is 0 Å². The van der Waals surface area contributed by atoms with Gasteiger partial charge in [0.05, 0.1) is 0 Å². The molecule has 1 aromatic carbocycles. The van der Waals surface area contributed by atoms with Crippen molar-refractivity contribution in [1.29, 1.82) is 0 Å². The number of hydrogen-bond acceptors (Lipinski definition) is 2. The molecule has 0 radical (unpaired) electrons. The maximum atomic E-state index is 10.2. The summed E-state index contributed by atoms with van der Waals surface area (Å²) in [4.78, 5) is 10.2. The molecule has 4 heteroatoms. The van der Waals surface area contributed by atoms with E-state index < -0.39 is 5.97 Å². The van der Waals surface area contributed by atoms with E-state index in [1.165, 1.54) is 0 Å². The Morgan fingerprint density at radius 2 is 1.86 bits per heavy atom. The average Bonchev–Trinajstić information content (AvgIpc) is 2.54. The zero-order valence-electron chi connectivity index (χ0n) is 13.6. The van der Waals surface area contributed by atoms with Crippen molar-refractivity contribution >= 4 is 23.3 Å². The predicted molar refractivity (Wildman–Crippen MR) is 97.7 cm³/mol. The summed E-state index contributed by atoms with van der Waals surface area (Å²) in [6, 6.07) is 6.86. The Hall–Kier alpha value is -2.00. The molecule has 0 aliphatic heterocycles. The lowest BCUT2D eigenvalue weighted by atomic mass is 10.3. The third-order valence-electron chi connectivity index (χ3n) is 2.07. The molecule has 0 aromatic heterocycles. The van der Waals surface area contributed by atoms with Crippen LogP contribution in [0.5, 0.6) is 0 Å². The lowest BCUT2D eigenvalue weighted by molar-refractivity contribution is -0.134. The number of carboxylic acid groups (broad SMARTS) is 1. The summed E-state index contributed by atoms with van der Waals surface area (Å²) in [5.41, 5.74) is 0.752. The van der Waals surface area contributed by atoms with Gasteiger partial charge in [0.1, 0.15) is 6.54 Å². The van der Waals surface area contributed by atoms with Crippen molar-refractivity contribution in [3.8, 4) is 0 Å². The largest absolute Gasteiger partial charge is 0.480 e. The van der Waals surface area contributed by atoms with Crippen molar-refractivity contribution < 1.29 is 9.90 Å². The molecule has 0 saturated carbocycles. The monoisotopic (exact) mass is 323 g/mol. The SMILES string of the molecule is C=C/C=C\C/C=C\C.CC.O=C(O)CNc1ccc(Cl)cc1. The Kier molecular flexibility index (Phi) is 17.3. The normalized spacial score (nSPS) is 9.45. The van der Waals surface area contributed by atoms with Crippen LogP contribution in [-0.2, 0) is 4.79 Å². The number of carbonyl (C=O) groups is 1. The van der Waals surface area contributed by atoms with Gasteiger partial charge in [0.25, 0.3) is 0 Å². The fourth-order valence-corrected chi connectivity index (χ4v) is 1.26. The van der Waals surface area contributed by atoms with Gasteiger partial charge < -0.3 is 10.4 Å². The standard InChI is InChI=1S/C8H8ClNO2.C8H12.C2H6/c9-6-1-3-7(4-2-6)10-5-8(11)12;1-3-5-7-8-6-4-2;1-2/h1-4,10H,5H2,(H,11,12);3-7H,1,8H2,2H3;1-2H3/b;6-4-,7-5-;. The van der Waals surface area contributed by atoms with Crippen LogP contribution in [0.1, 0.15) is 27.2 Å². The highest BCUT2D eigenvalue weighted by Crippen LogP contribution is 2.12. The zero-order chi connectivity index (χ0) is 17.2. The van der Waals surface area contributed by atoms with Gasteiger partial charge in [-0.1, -0.05) is 62.4 Å². The van der Waals surface area contributed by atoms with E-state index in [9.17, 15) is 4.79 Å². The minimum atomic E-state index is -0.884. The van der Waals surface area contributed by atoms with Crippen LogP contribution in [0.25, 0.3) is 0 Å². The molecule has 122 valence electrons. The van der Waals surface area contributed by atoms with Crippen LogP contribution in [0.4, 0.5) is 5.69 Å². The molecule has 22 heavy (non-hydrogen) atoms. The first-order chi connectivity index (χ1) is 10.6. The summed E-state index contributed by atoms with van der Waals surface area (Å²) < 4.78 is 0. The first-order valence-corrected chi connectivity index (χ1v) is 7.58. The van der Waals surface area contributed by atoms with Crippen molar-refractivity contribution in [3.63, 3.8) is 0 Å². The summed E-state index contributed by atoms with van der Waals surface area (Å²) in [5, 5.41) is 11.7. The van der Waals surface area contributed by atoms with Gasteiger partial charge in [-0.3, -0.25) is 4.79 Å². The van der Waals surface area contributed by atoms with Gasteiger partial charge in [0.2, 0.25) is 0 Å². The second-order valence-corrected chi connectivity index (χ2v) is 4.16. The van der Waals surface area contributed by atoms with Gasteiger partial charge in [-0.15, -0.1) is 0 Å². The number of aliphatic carboxylic acids is 1. The molecule has 0 heterocycles. The van der Waals surface area contributed by atoms with E-state index in [4.69, 9.17) is 16.7 Å². The van der Waals surface area contributed by atoms with Crippen LogP contribution in [-0.4, -0.2) is 17.6 Å². The summed E-state index contributed by atoms with van der Waals surface area (Å²) in [6.45, 7) is 9.48. The number of rotatable bonds is 6. The maximum absolute atomic E-state index is 10.2. The number of halogens is 1. The van der Waals surface area contributed by atoms with E-state index in [1.807, 2.05) is 32.9 Å². The number of hydrogen-bond donors (Lipinski definition) is 2. The lowest BCUT2D eigenvalue weighted by Gasteiger charge is -2.01. The van der Waals surface area contributed by atoms with Gasteiger partial charge in [0.15, 0.2) is 0 Å². The minimum absolute atomic E-state index is 0.0817. The van der Waals surface area contributed by atoms with E-state index in [1.54, 1.807) is 30.3 Å². The fraction of sp³-hybridized carbons (Fsp3) is 0.278. The second kappa shape index (κ2) is 17.1. The van der Waals surface area contributed by atoms with Crippen LogP contribution >= 0.6 is 11.6 Å². The van der Waals surface area contributed by atoms with Crippen LogP contribution < -0.4 is 5.32 Å². The van der Waals surface area contributed by atoms with Crippen LogP contribution in [0.2, 0.25) is 5.02 Å². The topological polar surface area (TPSA) is 49.3 Å². The van der Waals surface area contributed by atoms with Crippen LogP contribution in [0.15, 0.2) is 61.2 Å². The molecule has 0 spiro atoms. The van der Waals surface area contributed by atoms with Gasteiger partial charge in [0, 0.05) is 10.7 Å². The quantitative estimate of drug-likeness (QED) is 0.532. The van der Waals surface area contributed by atoms with Crippen LogP contribution in [0, 0.1) is 0 Å². The van der Waals surface area contributed by atoms with Gasteiger partial charge in [-0.25, -0.2) is 0 Å². The van der Waals surface area contributed by atoms with Gasteiger partial charge >= 0.3 is 5.97 Å². The van der Waals surface area contributed by atoms with Crippen molar-refractivity contribution in [2.75, 3.05) is 11.9 Å². The van der Waals surface area contributed by atoms with Gasteiger partial charge in [-0.05, 0) is 37.6 Å². The molecule has 0 unspecified atom stereocenters. The van der Waals surface area contributed by atoms with Gasteiger partial charge in [-0.2, -0.15) is 0 Å². The molecule has 2 N–H and O–H groups in total. The highest BCUT2D eigenvalue weighted by molar-refractivity contribution is 6.30. The van der Waals surface area contributed by atoms with Crippen molar-refractivity contribution in [2.45, 2.75) is 27.2 Å². The molecular formula is C18H26ClNO2. The molecule has 0 fully saturated rings. The van der Waals surface area contributed by atoms with Crippen molar-refractivity contribution in [3.05, 3.63) is 66.2 Å². The highest BCUT2D eigenvalue weighted by atomic mass is 35.5. The molecule has 0 aliphatic rings. The Morgan fingerprint density at radius 3 is 2.32 bits per heavy atom. The maximum Gasteiger partial charge on any atom is 0.322 e. The molecule has 0 bridgehead atoms. The predicted octanol–water partition coefficient (Wildman–Crippen LogP) is 5.56. The smallest absolute Gasteiger partial charge is 0.322 e. The van der Waals surface area contributed by atoms with Crippen LogP contribution in [0.3, 0.4) is 0 Å². The number of allylic oxidation sites excluding steroid dienone is 5. The second-order valence-electron chi connectivity index (χ2n) is 3.72. The molecule has 0 aliphatic carbocycles. The molecule has 0 atom stereocenters. The van der Waals surface area contributed by atoms with E-state index in [2.05, 4.69) is 24.0 Å². The molecule has 1 rings (SSSR count). The first kappa shape index (κ1) is 22.3. The number of benzene rings is 1. The Morgan fingerprint density at radius 1 is 1.27 bits per heavy atom. The Balaban J connectivity index is 0. The van der Waals surface area contributed by atoms with E-state index in [0.717, 1.165) is 12.1 Å². The zero-order valence-corrected chi connectivity index (χ0v) is 14.3. The van der Waals surface area contributed by atoms with Crippen molar-refractivity contribution in [2.24, 2.45) is 0 Å². The molecule has 0 saturated heterocycles. The first-order valence-electron chi connectivity index (χ1n) is 7.20. The van der Waals surface area contributed by atoms with E-state index >= 15 is 0 Å². The number of anilines is 1. The molecule has 3 nitrogen and oxygen atoms in total. The average molecular weight is 324 g/mol. The highest BCUT2D eigenvalue weighted by Gasteiger charge is 1.95. The molecule has 1 aromatic rings. The Bertz CT molecular complexity index is 451. The summed E-state index contributed by atoms with van der Waals surface area (Å²) in [5.74, 6) is -0.884. The third kappa shape index (κ3) is 16.1. The lowest BCUT2D eigenvalue weighted by Crippen LogP contribution is -2.11. The summed E-state index contributed by atoms with van der Waals surface area (Å²) in [6.07, 6.45) is 10.9. The summed E-state index contributed by atoms with van der Waals surface area (Å²) in [7, 11) is 0. The molecular weight excluding hydrogens is 298 g/mol. The molecule has 0 amide bonds. The third-order valence-corrected chi connectivity index (χ3v) is 2.32. The summed E-state index contributed by atoms with van der Waals surface area (Å²) >= 11 is 5.63. The number of nitrogens with one attached hydrogen (secondary N) is 1. The fourth-order valence-electron chi connectivity index (χ4n) is 1.13. The minimum Gasteiger partial charge on any atom is -0.480 e. The van der Waals surface area contributed by atoms with E-state index in [0.29, 0.717) is 5.02 Å². The number of carboxylic acids is 1. The Labute approximate surface area is 139 Å². The van der Waals surface area contributed by atoms with E-state index in [-0.39, 0.29) is 6.54 Å².